The lowest BCUT2D eigenvalue weighted by Crippen LogP contribution is -2.45. The number of carbonyl (C=O) groups is 2. The van der Waals surface area contributed by atoms with Crippen molar-refractivity contribution in [3.05, 3.63) is 24.3 Å². The fourth-order valence-corrected chi connectivity index (χ4v) is 1.82. The number of aliphatic carboxylic acids is 1. The van der Waals surface area contributed by atoms with Crippen LogP contribution in [-0.4, -0.2) is 43.3 Å². The number of benzene rings is 1. The number of aliphatic hydroxyl groups excluding tert-OH is 1. The normalized spacial score (nSPS) is 12.5. The first kappa shape index (κ1) is 15.9. The summed E-state index contributed by atoms with van der Waals surface area (Å²) in [5.41, 5.74) is 0.108. The molecule has 0 aliphatic rings. The third-order valence-corrected chi connectivity index (χ3v) is 3.12. The van der Waals surface area contributed by atoms with Crippen molar-refractivity contribution in [3.8, 4) is 0 Å². The van der Waals surface area contributed by atoms with E-state index in [1.807, 2.05) is 5.32 Å². The number of sulfonamides is 1. The number of rotatable bonds is 5. The summed E-state index contributed by atoms with van der Waals surface area (Å²) in [6.45, 7) is -0.778. The maximum absolute atomic E-state index is 11.5. The molecule has 0 unspecified atom stereocenters. The number of carbonyl (C=O) groups excluding carboxylic acids is 1. The second-order valence-electron chi connectivity index (χ2n) is 3.74. The highest BCUT2D eigenvalue weighted by atomic mass is 32.2. The van der Waals surface area contributed by atoms with Crippen LogP contribution in [0.4, 0.5) is 10.5 Å². The molecule has 0 heterocycles. The summed E-state index contributed by atoms with van der Waals surface area (Å²) in [6.07, 6.45) is 0. The van der Waals surface area contributed by atoms with Crippen molar-refractivity contribution < 1.29 is 28.2 Å². The van der Waals surface area contributed by atoms with Crippen molar-refractivity contribution in [1.29, 1.82) is 0 Å². The molecule has 1 aromatic carbocycles. The van der Waals surface area contributed by atoms with Gasteiger partial charge in [0.1, 0.15) is 0 Å². The number of nitrogens with two attached hydrogens (primary N) is 1. The van der Waals surface area contributed by atoms with Crippen molar-refractivity contribution in [2.75, 3.05) is 11.9 Å². The molecule has 1 atom stereocenters. The van der Waals surface area contributed by atoms with Crippen molar-refractivity contribution in [1.82, 2.24) is 5.32 Å². The summed E-state index contributed by atoms with van der Waals surface area (Å²) < 4.78 is 22.2. The largest absolute Gasteiger partial charge is 0.480 e. The molecule has 0 radical (unpaired) electrons. The number of aliphatic hydroxyl groups is 1. The van der Waals surface area contributed by atoms with Gasteiger partial charge in [0, 0.05) is 5.69 Å². The second kappa shape index (κ2) is 6.32. The summed E-state index contributed by atoms with van der Waals surface area (Å²) in [4.78, 5) is 21.9. The minimum absolute atomic E-state index is 0.108. The van der Waals surface area contributed by atoms with Gasteiger partial charge in [-0.25, -0.2) is 23.1 Å². The van der Waals surface area contributed by atoms with Crippen molar-refractivity contribution in [2.24, 2.45) is 5.14 Å². The minimum atomic E-state index is -3.91. The van der Waals surface area contributed by atoms with Gasteiger partial charge in [-0.05, 0) is 18.2 Å². The molecular weight excluding hydrogens is 290 g/mol. The van der Waals surface area contributed by atoms with E-state index in [0.717, 1.165) is 6.07 Å². The minimum Gasteiger partial charge on any atom is -0.480 e. The Balaban J connectivity index is 2.79. The molecule has 0 saturated heterocycles. The van der Waals surface area contributed by atoms with E-state index in [0.29, 0.717) is 0 Å². The van der Waals surface area contributed by atoms with Gasteiger partial charge in [-0.2, -0.15) is 0 Å². The Labute approximate surface area is 114 Å². The van der Waals surface area contributed by atoms with E-state index in [4.69, 9.17) is 15.4 Å². The highest BCUT2D eigenvalue weighted by Crippen LogP contribution is 2.13. The summed E-state index contributed by atoms with van der Waals surface area (Å²) in [7, 11) is -3.91. The number of carboxylic acids is 1. The van der Waals surface area contributed by atoms with Gasteiger partial charge in [0.25, 0.3) is 0 Å². The molecule has 0 aliphatic heterocycles. The maximum Gasteiger partial charge on any atom is 0.328 e. The van der Waals surface area contributed by atoms with Crippen molar-refractivity contribution in [2.45, 2.75) is 10.9 Å². The number of urea groups is 1. The fourth-order valence-electron chi connectivity index (χ4n) is 1.26. The molecule has 0 aromatic heterocycles. The third-order valence-electron chi connectivity index (χ3n) is 2.21. The van der Waals surface area contributed by atoms with E-state index < -0.39 is 34.7 Å². The van der Waals surface area contributed by atoms with Gasteiger partial charge in [-0.3, -0.25) is 0 Å². The summed E-state index contributed by atoms with van der Waals surface area (Å²) in [5, 5.41) is 26.5. The number of amides is 2. The van der Waals surface area contributed by atoms with Crippen LogP contribution in [0.2, 0.25) is 0 Å². The first-order chi connectivity index (χ1) is 9.24. The maximum atomic E-state index is 11.5. The summed E-state index contributed by atoms with van der Waals surface area (Å²) in [5.74, 6) is -1.40. The average molecular weight is 303 g/mol. The first-order valence-electron chi connectivity index (χ1n) is 5.28. The lowest BCUT2D eigenvalue weighted by Gasteiger charge is -2.12. The number of carboxylic acid groups (broad SMARTS) is 1. The molecular formula is C10H13N3O6S. The zero-order valence-electron chi connectivity index (χ0n) is 10.1. The van der Waals surface area contributed by atoms with E-state index in [1.165, 1.54) is 18.2 Å². The molecule has 1 aromatic rings. The van der Waals surface area contributed by atoms with Crippen LogP contribution in [0, 0.1) is 0 Å². The van der Waals surface area contributed by atoms with Crippen LogP contribution in [0.25, 0.3) is 0 Å². The SMILES string of the molecule is NS(=O)(=O)c1cccc(NC(=O)N[C@@H](CO)C(=O)O)c1. The number of primary sulfonamides is 1. The Hall–Kier alpha value is -2.17. The van der Waals surface area contributed by atoms with Crippen LogP contribution in [0.3, 0.4) is 0 Å². The molecule has 2 amide bonds. The van der Waals surface area contributed by atoms with Crippen LogP contribution < -0.4 is 15.8 Å². The van der Waals surface area contributed by atoms with E-state index >= 15 is 0 Å². The molecule has 0 bridgehead atoms. The van der Waals surface area contributed by atoms with Crippen LogP contribution >= 0.6 is 0 Å². The molecule has 10 heteroatoms. The van der Waals surface area contributed by atoms with Gasteiger partial charge in [0.05, 0.1) is 11.5 Å². The van der Waals surface area contributed by atoms with E-state index in [9.17, 15) is 18.0 Å². The molecule has 0 spiro atoms. The molecule has 9 nitrogen and oxygen atoms in total. The number of anilines is 1. The van der Waals surface area contributed by atoms with Crippen molar-refractivity contribution >= 4 is 27.7 Å². The zero-order valence-corrected chi connectivity index (χ0v) is 10.9. The second-order valence-corrected chi connectivity index (χ2v) is 5.31. The topological polar surface area (TPSA) is 159 Å². The molecule has 1 rings (SSSR count). The molecule has 6 N–H and O–H groups in total. The van der Waals surface area contributed by atoms with Gasteiger partial charge < -0.3 is 20.8 Å². The molecule has 110 valence electrons. The van der Waals surface area contributed by atoms with Crippen LogP contribution in [0.15, 0.2) is 29.2 Å². The third kappa shape index (κ3) is 4.50. The Morgan fingerprint density at radius 2 is 2.00 bits per heavy atom. The van der Waals surface area contributed by atoms with E-state index in [1.54, 1.807) is 0 Å². The molecule has 0 saturated carbocycles. The lowest BCUT2D eigenvalue weighted by atomic mass is 10.3. The van der Waals surface area contributed by atoms with Gasteiger partial charge in [0.15, 0.2) is 6.04 Å². The zero-order chi connectivity index (χ0) is 15.3. The van der Waals surface area contributed by atoms with E-state index in [2.05, 4.69) is 5.32 Å². The smallest absolute Gasteiger partial charge is 0.328 e. The summed E-state index contributed by atoms with van der Waals surface area (Å²) in [6, 6.07) is 2.74. The standard InChI is InChI=1S/C10H13N3O6S/c11-20(18,19)7-3-1-2-6(4-7)12-10(17)13-8(5-14)9(15)16/h1-4,8,14H,5H2,(H,15,16)(H2,11,18,19)(H2,12,13,17)/t8-/m0/s1. The molecule has 0 aliphatic carbocycles. The Bertz CT molecular complexity index is 615. The van der Waals surface area contributed by atoms with Gasteiger partial charge in [0.2, 0.25) is 10.0 Å². The van der Waals surface area contributed by atoms with Crippen LogP contribution in [0.1, 0.15) is 0 Å². The van der Waals surface area contributed by atoms with Crippen LogP contribution in [0.5, 0.6) is 0 Å². The first-order valence-corrected chi connectivity index (χ1v) is 6.82. The fraction of sp³-hybridized carbons (Fsp3) is 0.200. The van der Waals surface area contributed by atoms with E-state index in [-0.39, 0.29) is 10.6 Å². The predicted octanol–water partition coefficient (Wildman–Crippen LogP) is -1.10. The number of hydrogen-bond donors (Lipinski definition) is 5. The number of hydrogen-bond acceptors (Lipinski definition) is 5. The predicted molar refractivity (Wildman–Crippen MR) is 68.5 cm³/mol. The Kier molecular flexibility index (Phi) is 5.02. The molecule has 0 fully saturated rings. The molecule has 20 heavy (non-hydrogen) atoms. The highest BCUT2D eigenvalue weighted by Gasteiger charge is 2.18. The summed E-state index contributed by atoms with van der Waals surface area (Å²) >= 11 is 0. The van der Waals surface area contributed by atoms with Gasteiger partial charge >= 0.3 is 12.0 Å². The quantitative estimate of drug-likeness (QED) is 0.464. The van der Waals surface area contributed by atoms with Crippen molar-refractivity contribution in [3.63, 3.8) is 0 Å². The monoisotopic (exact) mass is 303 g/mol. The Morgan fingerprint density at radius 3 is 2.50 bits per heavy atom. The van der Waals surface area contributed by atoms with Gasteiger partial charge in [-0.1, -0.05) is 6.07 Å². The van der Waals surface area contributed by atoms with Crippen LogP contribution in [-0.2, 0) is 14.8 Å². The lowest BCUT2D eigenvalue weighted by molar-refractivity contribution is -0.140. The van der Waals surface area contributed by atoms with Gasteiger partial charge in [-0.15, -0.1) is 0 Å². The average Bonchev–Trinajstić information content (AvgIpc) is 2.34. The Morgan fingerprint density at radius 1 is 1.35 bits per heavy atom. The highest BCUT2D eigenvalue weighted by molar-refractivity contribution is 7.89. The number of nitrogens with one attached hydrogen (secondary N) is 2.